The van der Waals surface area contributed by atoms with E-state index in [1.807, 2.05) is 42.2 Å². The lowest BCUT2D eigenvalue weighted by atomic mass is 9.91. The number of nitrogens with zero attached hydrogens (tertiary/aromatic N) is 5. The summed E-state index contributed by atoms with van der Waals surface area (Å²) in [6, 6.07) is 12.5. The fourth-order valence-electron chi connectivity index (χ4n) is 8.52. The van der Waals surface area contributed by atoms with E-state index in [1.54, 1.807) is 24.4 Å². The van der Waals surface area contributed by atoms with Crippen LogP contribution >= 0.6 is 11.6 Å². The minimum Gasteiger partial charge on any atom is -0.488 e. The number of imide groups is 2. The van der Waals surface area contributed by atoms with Crippen LogP contribution in [0.25, 0.3) is 11.3 Å². The number of hydrogen-bond donors (Lipinski definition) is 4. The molecule has 2 aliphatic carbocycles. The van der Waals surface area contributed by atoms with Crippen LogP contribution in [0.5, 0.6) is 5.75 Å². The van der Waals surface area contributed by atoms with Crippen molar-refractivity contribution in [2.24, 2.45) is 13.0 Å². The van der Waals surface area contributed by atoms with Crippen molar-refractivity contribution in [2.75, 3.05) is 58.0 Å². The maximum absolute atomic E-state index is 13.3. The highest BCUT2D eigenvalue weighted by molar-refractivity contribution is 6.33. The Morgan fingerprint density at radius 3 is 2.23 bits per heavy atom. The quantitative estimate of drug-likeness (QED) is 0.0561. The fraction of sp³-hybridized carbons (Fsp3) is 0.511. The van der Waals surface area contributed by atoms with E-state index >= 15 is 0 Å². The lowest BCUT2D eigenvalue weighted by Crippen LogP contribution is -2.54. The van der Waals surface area contributed by atoms with E-state index in [4.69, 9.17) is 35.5 Å². The average Bonchev–Trinajstić information content (AvgIpc) is 4.01. The topological polar surface area (TPSA) is 200 Å². The second-order valence-corrected chi connectivity index (χ2v) is 17.5. The lowest BCUT2D eigenvalue weighted by Gasteiger charge is -2.29. The summed E-state index contributed by atoms with van der Waals surface area (Å²) in [6.45, 7) is 5.59. The second-order valence-electron chi connectivity index (χ2n) is 17.1. The number of halogens is 1. The summed E-state index contributed by atoms with van der Waals surface area (Å²) in [7, 11) is 1.98. The molecule has 0 unspecified atom stereocenters. The zero-order valence-electron chi connectivity index (χ0n) is 36.8. The van der Waals surface area contributed by atoms with Crippen molar-refractivity contribution in [3.8, 4) is 17.0 Å². The summed E-state index contributed by atoms with van der Waals surface area (Å²) < 4.78 is 25.1. The van der Waals surface area contributed by atoms with Crippen LogP contribution in [0, 0.1) is 5.92 Å². The number of fused-ring (bicyclic) bond motifs is 1. The summed E-state index contributed by atoms with van der Waals surface area (Å²) in [5.74, 6) is -0.621. The number of piperidine rings is 1. The number of carbonyl (C=O) groups is 4. The van der Waals surface area contributed by atoms with Gasteiger partial charge in [-0.05, 0) is 80.5 Å². The molecule has 0 spiro atoms. The van der Waals surface area contributed by atoms with Crippen molar-refractivity contribution < 1.29 is 38.1 Å². The third-order valence-corrected chi connectivity index (χ3v) is 12.6. The molecule has 0 radical (unpaired) electrons. The summed E-state index contributed by atoms with van der Waals surface area (Å²) in [4.78, 5) is 60.7. The van der Waals surface area contributed by atoms with Crippen LogP contribution in [0.4, 0.5) is 5.95 Å². The molecule has 2 aromatic carbocycles. The molecule has 4 aliphatic rings. The Morgan fingerprint density at radius 2 is 1.49 bits per heavy atom. The molecule has 4 aromatic rings. The SMILES string of the molecule is Cn1ncc(-c2nc(N[C@H]3CC[C@H](NCCOCCOCCOCCNCc4ccc(COc5cccc6c5C(=O)N([C@H]5CCC(=O)NC5=O)C6=O)cc4)CC3)ncc2Cl)c1CC1CC1. The predicted octanol–water partition coefficient (Wildman–Crippen LogP) is 4.62. The Kier molecular flexibility index (Phi) is 15.8. The Hall–Kier alpha value is -5.30. The molecule has 1 saturated heterocycles. The van der Waals surface area contributed by atoms with Crippen LogP contribution in [-0.2, 0) is 50.4 Å². The molecule has 2 aliphatic heterocycles. The lowest BCUT2D eigenvalue weighted by molar-refractivity contribution is -0.136. The minimum atomic E-state index is -1.03. The second kappa shape index (κ2) is 22.3. The highest BCUT2D eigenvalue weighted by Crippen LogP contribution is 2.37. The van der Waals surface area contributed by atoms with Gasteiger partial charge in [0.15, 0.2) is 0 Å². The summed E-state index contributed by atoms with van der Waals surface area (Å²) >= 11 is 6.57. The van der Waals surface area contributed by atoms with Crippen LogP contribution in [0.15, 0.2) is 54.9 Å². The zero-order valence-corrected chi connectivity index (χ0v) is 37.6. The molecule has 0 bridgehead atoms. The number of nitrogens with one attached hydrogen (secondary N) is 4. The number of rotatable bonds is 24. The van der Waals surface area contributed by atoms with Crippen LogP contribution in [0.3, 0.4) is 0 Å². The van der Waals surface area contributed by atoms with Gasteiger partial charge in [-0.1, -0.05) is 41.9 Å². The van der Waals surface area contributed by atoms with Crippen molar-refractivity contribution in [3.05, 3.63) is 87.8 Å². The predicted molar refractivity (Wildman–Crippen MR) is 241 cm³/mol. The number of carbonyl (C=O) groups excluding carboxylic acids is 4. The van der Waals surface area contributed by atoms with Gasteiger partial charge in [-0.2, -0.15) is 5.10 Å². The number of ether oxygens (including phenoxy) is 4. The van der Waals surface area contributed by atoms with E-state index in [-0.39, 0.29) is 36.3 Å². The number of aryl methyl sites for hydroxylation is 1. The van der Waals surface area contributed by atoms with Crippen LogP contribution in [-0.4, -0.2) is 119 Å². The smallest absolute Gasteiger partial charge is 0.266 e. The largest absolute Gasteiger partial charge is 0.488 e. The van der Waals surface area contributed by atoms with Crippen molar-refractivity contribution in [1.82, 2.24) is 40.6 Å². The van der Waals surface area contributed by atoms with Crippen molar-refractivity contribution >= 4 is 41.2 Å². The molecule has 3 fully saturated rings. The molecule has 2 saturated carbocycles. The summed E-state index contributed by atoms with van der Waals surface area (Å²) in [6.07, 6.45) is 11.5. The monoisotopic (exact) mass is 911 g/mol. The highest BCUT2D eigenvalue weighted by Gasteiger charge is 2.46. The number of anilines is 1. The van der Waals surface area contributed by atoms with Crippen molar-refractivity contribution in [3.63, 3.8) is 0 Å². The molecule has 4 N–H and O–H groups in total. The number of aromatic nitrogens is 4. The van der Waals surface area contributed by atoms with E-state index in [0.717, 1.165) is 71.9 Å². The van der Waals surface area contributed by atoms with Gasteiger partial charge in [0.1, 0.15) is 18.4 Å². The van der Waals surface area contributed by atoms with Gasteiger partial charge in [-0.15, -0.1) is 0 Å². The van der Waals surface area contributed by atoms with Gasteiger partial charge in [-0.3, -0.25) is 34.1 Å². The molecular formula is C47H58ClN9O8. The van der Waals surface area contributed by atoms with E-state index in [0.29, 0.717) is 75.8 Å². The first-order valence-corrected chi connectivity index (χ1v) is 23.1. The first-order chi connectivity index (χ1) is 31.7. The average molecular weight is 912 g/mol. The third-order valence-electron chi connectivity index (χ3n) is 12.3. The van der Waals surface area contributed by atoms with Crippen LogP contribution in [0.1, 0.15) is 88.9 Å². The highest BCUT2D eigenvalue weighted by atomic mass is 35.5. The van der Waals surface area contributed by atoms with Crippen LogP contribution < -0.4 is 26.0 Å². The molecule has 17 nitrogen and oxygen atoms in total. The third kappa shape index (κ3) is 12.1. The molecule has 4 amide bonds. The number of benzene rings is 2. The normalized spacial score (nSPS) is 19.7. The molecule has 346 valence electrons. The molecule has 8 rings (SSSR count). The number of amides is 4. The van der Waals surface area contributed by atoms with E-state index in [1.165, 1.54) is 18.5 Å². The Morgan fingerprint density at radius 1 is 0.785 bits per heavy atom. The maximum atomic E-state index is 13.3. The Bertz CT molecular complexity index is 2300. The summed E-state index contributed by atoms with van der Waals surface area (Å²) in [5, 5.41) is 17.8. The van der Waals surface area contributed by atoms with E-state index < -0.39 is 29.7 Å². The Labute approximate surface area is 383 Å². The standard InChI is InChI=1S/C47H58ClN9O8/c1-56-39(25-30-5-6-30)36(27-52-56)43-37(48)28-51-47(55-43)53-34-13-11-33(12-14-34)50-18-20-63-22-24-64-23-21-62-19-17-49-26-31-7-9-32(10-8-31)29-65-40-4-2-3-35-42(40)46(61)57(45(35)60)38-15-16-41(58)54-44(38)59/h2-4,7-10,27-28,30,33-34,38,49-50H,5-6,11-26,29H2,1H3,(H,51,53,55)(H,54,58,59)/t33-,34-,38-/m0/s1. The van der Waals surface area contributed by atoms with Gasteiger partial charge < -0.3 is 34.9 Å². The summed E-state index contributed by atoms with van der Waals surface area (Å²) in [5.41, 5.74) is 5.21. The van der Waals surface area contributed by atoms with E-state index in [2.05, 4.69) is 31.3 Å². The van der Waals surface area contributed by atoms with Gasteiger partial charge >= 0.3 is 0 Å². The zero-order chi connectivity index (χ0) is 45.1. The maximum Gasteiger partial charge on any atom is 0.266 e. The molecular weight excluding hydrogens is 854 g/mol. The minimum absolute atomic E-state index is 0.0583. The van der Waals surface area contributed by atoms with E-state index in [9.17, 15) is 19.2 Å². The molecule has 4 heterocycles. The van der Waals surface area contributed by atoms with Gasteiger partial charge in [0.05, 0.1) is 73.9 Å². The van der Waals surface area contributed by atoms with Gasteiger partial charge in [0, 0.05) is 56.4 Å². The molecule has 65 heavy (non-hydrogen) atoms. The van der Waals surface area contributed by atoms with Crippen LogP contribution in [0.2, 0.25) is 5.02 Å². The van der Waals surface area contributed by atoms with Gasteiger partial charge in [-0.25, -0.2) is 9.97 Å². The first-order valence-electron chi connectivity index (χ1n) is 22.7. The molecule has 2 aromatic heterocycles. The number of hydrogen-bond acceptors (Lipinski definition) is 14. The first kappa shape index (κ1) is 46.2. The van der Waals surface area contributed by atoms with Crippen molar-refractivity contribution in [1.29, 1.82) is 0 Å². The molecule has 1 atom stereocenters. The van der Waals surface area contributed by atoms with Crippen molar-refractivity contribution in [2.45, 2.75) is 89.1 Å². The molecule has 18 heteroatoms. The Balaban J connectivity index is 0.623. The van der Waals surface area contributed by atoms with Gasteiger partial charge in [0.25, 0.3) is 11.8 Å². The fourth-order valence-corrected chi connectivity index (χ4v) is 8.71. The van der Waals surface area contributed by atoms with Gasteiger partial charge in [0.2, 0.25) is 17.8 Å².